The van der Waals surface area contributed by atoms with E-state index in [1.807, 2.05) is 36.7 Å². The Morgan fingerprint density at radius 1 is 0.958 bits per heavy atom. The molecule has 128 valence electrons. The van der Waals surface area contributed by atoms with Crippen molar-refractivity contribution in [3.8, 4) is 0 Å². The van der Waals surface area contributed by atoms with Crippen LogP contribution in [0.3, 0.4) is 0 Å². The third-order valence-corrected chi connectivity index (χ3v) is 5.30. The molecule has 1 aliphatic heterocycles. The largest absolute Gasteiger partial charge is 0.369 e. The Morgan fingerprint density at radius 3 is 2.17 bits per heavy atom. The molecular formula is C17H22N4O2S. The first-order chi connectivity index (χ1) is 11.5. The van der Waals surface area contributed by atoms with Gasteiger partial charge in [0.05, 0.1) is 4.90 Å². The number of hydrogen-bond acceptors (Lipinski definition) is 5. The molecule has 24 heavy (non-hydrogen) atoms. The van der Waals surface area contributed by atoms with Crippen molar-refractivity contribution in [3.05, 3.63) is 54.4 Å². The molecule has 1 aromatic heterocycles. The Morgan fingerprint density at radius 2 is 1.58 bits per heavy atom. The smallest absolute Gasteiger partial charge is 0.238 e. The minimum Gasteiger partial charge on any atom is -0.369 e. The number of primary sulfonamides is 1. The van der Waals surface area contributed by atoms with Crippen LogP contribution >= 0.6 is 0 Å². The minimum absolute atomic E-state index is 0.164. The molecule has 0 amide bonds. The van der Waals surface area contributed by atoms with Gasteiger partial charge in [-0.15, -0.1) is 0 Å². The van der Waals surface area contributed by atoms with Crippen LogP contribution in [-0.2, 0) is 16.4 Å². The molecule has 2 aromatic rings. The van der Waals surface area contributed by atoms with Gasteiger partial charge in [-0.25, -0.2) is 13.6 Å². The molecule has 0 saturated carbocycles. The second kappa shape index (κ2) is 7.29. The van der Waals surface area contributed by atoms with E-state index in [4.69, 9.17) is 5.14 Å². The predicted molar refractivity (Wildman–Crippen MR) is 94.4 cm³/mol. The summed E-state index contributed by atoms with van der Waals surface area (Å²) in [4.78, 5) is 9.03. The molecule has 6 nitrogen and oxygen atoms in total. The highest BCUT2D eigenvalue weighted by molar-refractivity contribution is 7.89. The summed E-state index contributed by atoms with van der Waals surface area (Å²) in [7, 11) is -3.61. The zero-order valence-electron chi connectivity index (χ0n) is 13.5. The third-order valence-electron chi connectivity index (χ3n) is 4.37. The highest BCUT2D eigenvalue weighted by Crippen LogP contribution is 2.15. The van der Waals surface area contributed by atoms with E-state index >= 15 is 0 Å². The molecule has 0 aliphatic carbocycles. The van der Waals surface area contributed by atoms with E-state index in [1.165, 1.54) is 5.69 Å². The van der Waals surface area contributed by atoms with Crippen LogP contribution in [0.4, 0.5) is 5.69 Å². The quantitative estimate of drug-likeness (QED) is 0.877. The topological polar surface area (TPSA) is 79.5 Å². The lowest BCUT2D eigenvalue weighted by Crippen LogP contribution is -2.47. The molecule has 0 bridgehead atoms. The molecular weight excluding hydrogens is 324 g/mol. The summed E-state index contributed by atoms with van der Waals surface area (Å²) < 4.78 is 22.5. The summed E-state index contributed by atoms with van der Waals surface area (Å²) >= 11 is 0. The van der Waals surface area contributed by atoms with Crippen LogP contribution < -0.4 is 10.0 Å². The Balaban J connectivity index is 1.48. The van der Waals surface area contributed by atoms with Gasteiger partial charge in [0.15, 0.2) is 0 Å². The monoisotopic (exact) mass is 346 g/mol. The van der Waals surface area contributed by atoms with Crippen LogP contribution in [0.25, 0.3) is 0 Å². The van der Waals surface area contributed by atoms with Gasteiger partial charge >= 0.3 is 0 Å². The number of anilines is 1. The maximum absolute atomic E-state index is 11.3. The molecule has 7 heteroatoms. The minimum atomic E-state index is -3.61. The lowest BCUT2D eigenvalue weighted by Gasteiger charge is -2.36. The van der Waals surface area contributed by atoms with E-state index in [-0.39, 0.29) is 4.90 Å². The molecule has 1 aliphatic rings. The highest BCUT2D eigenvalue weighted by atomic mass is 32.2. The third kappa shape index (κ3) is 4.31. The van der Waals surface area contributed by atoms with Gasteiger partial charge in [-0.1, -0.05) is 12.1 Å². The molecule has 2 N–H and O–H groups in total. The zero-order valence-corrected chi connectivity index (χ0v) is 14.3. The fourth-order valence-corrected chi connectivity index (χ4v) is 3.43. The van der Waals surface area contributed by atoms with E-state index in [0.29, 0.717) is 0 Å². The number of nitrogens with zero attached hydrogens (tertiary/aromatic N) is 3. The van der Waals surface area contributed by atoms with Crippen molar-refractivity contribution in [2.24, 2.45) is 5.14 Å². The lowest BCUT2D eigenvalue weighted by atomic mass is 10.1. The fraction of sp³-hybridized carbons (Fsp3) is 0.353. The van der Waals surface area contributed by atoms with Gasteiger partial charge < -0.3 is 4.90 Å². The van der Waals surface area contributed by atoms with E-state index in [1.54, 1.807) is 12.1 Å². The van der Waals surface area contributed by atoms with Crippen LogP contribution in [0.15, 0.2) is 53.7 Å². The van der Waals surface area contributed by atoms with Crippen molar-refractivity contribution < 1.29 is 8.42 Å². The van der Waals surface area contributed by atoms with Crippen molar-refractivity contribution in [1.29, 1.82) is 0 Å². The number of piperazine rings is 1. The molecule has 0 spiro atoms. The first-order valence-corrected chi connectivity index (χ1v) is 9.56. The van der Waals surface area contributed by atoms with E-state index in [2.05, 4.69) is 14.8 Å². The van der Waals surface area contributed by atoms with Crippen molar-refractivity contribution in [1.82, 2.24) is 9.88 Å². The van der Waals surface area contributed by atoms with Gasteiger partial charge in [0.25, 0.3) is 0 Å². The molecule has 1 fully saturated rings. The Labute approximate surface area is 143 Å². The summed E-state index contributed by atoms with van der Waals surface area (Å²) in [5.74, 6) is 0. The molecule has 0 atom stereocenters. The van der Waals surface area contributed by atoms with Crippen molar-refractivity contribution in [3.63, 3.8) is 0 Å². The number of pyridine rings is 1. The molecule has 2 heterocycles. The molecule has 1 aromatic carbocycles. The Bertz CT molecular complexity index is 755. The molecule has 0 unspecified atom stereocenters. The number of sulfonamides is 1. The SMILES string of the molecule is NS(=O)(=O)c1ccc(CCN2CCN(c3ccncc3)CC2)cc1. The molecule has 3 rings (SSSR count). The van der Waals surface area contributed by atoms with Crippen molar-refractivity contribution in [2.45, 2.75) is 11.3 Å². The maximum Gasteiger partial charge on any atom is 0.238 e. The van der Waals surface area contributed by atoms with Gasteiger partial charge in [0, 0.05) is 50.8 Å². The van der Waals surface area contributed by atoms with Gasteiger partial charge in [-0.3, -0.25) is 9.88 Å². The second-order valence-electron chi connectivity index (χ2n) is 5.97. The maximum atomic E-state index is 11.3. The second-order valence-corrected chi connectivity index (χ2v) is 7.53. The first kappa shape index (κ1) is 16.9. The van der Waals surface area contributed by atoms with Crippen LogP contribution in [0.1, 0.15) is 5.56 Å². The average molecular weight is 346 g/mol. The molecule has 1 saturated heterocycles. The van der Waals surface area contributed by atoms with Gasteiger partial charge in [0.2, 0.25) is 10.0 Å². The number of hydrogen-bond donors (Lipinski definition) is 1. The number of rotatable bonds is 5. The van der Waals surface area contributed by atoms with E-state index < -0.39 is 10.0 Å². The summed E-state index contributed by atoms with van der Waals surface area (Å²) in [6, 6.07) is 10.9. The highest BCUT2D eigenvalue weighted by Gasteiger charge is 2.16. The van der Waals surface area contributed by atoms with Crippen molar-refractivity contribution in [2.75, 3.05) is 37.6 Å². The summed E-state index contributed by atoms with van der Waals surface area (Å²) in [6.45, 7) is 5.04. The van der Waals surface area contributed by atoms with Crippen molar-refractivity contribution >= 4 is 15.7 Å². The zero-order chi connectivity index (χ0) is 17.0. The number of nitrogens with two attached hydrogens (primary N) is 1. The average Bonchev–Trinajstić information content (AvgIpc) is 2.61. The van der Waals surface area contributed by atoms with Gasteiger partial charge in [-0.2, -0.15) is 0 Å². The van der Waals surface area contributed by atoms with Crippen LogP contribution in [-0.4, -0.2) is 51.0 Å². The molecule has 0 radical (unpaired) electrons. The summed E-state index contributed by atoms with van der Waals surface area (Å²) in [5, 5.41) is 5.11. The van der Waals surface area contributed by atoms with E-state index in [0.717, 1.165) is 44.7 Å². The van der Waals surface area contributed by atoms with Gasteiger partial charge in [-0.05, 0) is 36.2 Å². The van der Waals surface area contributed by atoms with E-state index in [9.17, 15) is 8.42 Å². The number of benzene rings is 1. The van der Waals surface area contributed by atoms with Crippen LogP contribution in [0, 0.1) is 0 Å². The Kier molecular flexibility index (Phi) is 5.13. The standard InChI is InChI=1S/C17H22N4O2S/c18-24(22,23)17-3-1-15(2-4-17)7-10-20-11-13-21(14-12-20)16-5-8-19-9-6-16/h1-6,8-9H,7,10-14H2,(H2,18,22,23). The first-order valence-electron chi connectivity index (χ1n) is 8.01. The van der Waals surface area contributed by atoms with Crippen LogP contribution in [0.2, 0.25) is 0 Å². The Hall–Kier alpha value is -1.96. The van der Waals surface area contributed by atoms with Crippen LogP contribution in [0.5, 0.6) is 0 Å². The summed E-state index contributed by atoms with van der Waals surface area (Å²) in [6.07, 6.45) is 4.56. The predicted octanol–water partition coefficient (Wildman–Crippen LogP) is 1.09. The summed E-state index contributed by atoms with van der Waals surface area (Å²) in [5.41, 5.74) is 2.35. The normalized spacial score (nSPS) is 16.3. The fourth-order valence-electron chi connectivity index (χ4n) is 2.92. The van der Waals surface area contributed by atoms with Gasteiger partial charge in [0.1, 0.15) is 0 Å². The number of aromatic nitrogens is 1. The lowest BCUT2D eigenvalue weighted by molar-refractivity contribution is 0.261.